The second-order valence-electron chi connectivity index (χ2n) is 5.07. The Balaban J connectivity index is 2.01. The zero-order valence-corrected chi connectivity index (χ0v) is 14.9. The molecule has 0 heterocycles. The van der Waals surface area contributed by atoms with E-state index in [9.17, 15) is 14.0 Å². The third-order valence-corrected chi connectivity index (χ3v) is 3.77. The largest absolute Gasteiger partial charge is 0.497 e. The molecule has 0 radical (unpaired) electrons. The molecule has 7 heteroatoms. The van der Waals surface area contributed by atoms with Crippen molar-refractivity contribution in [3.63, 3.8) is 0 Å². The van der Waals surface area contributed by atoms with Crippen molar-refractivity contribution in [3.8, 4) is 11.5 Å². The van der Waals surface area contributed by atoms with Crippen molar-refractivity contribution >= 4 is 29.4 Å². The maximum atomic E-state index is 13.6. The van der Waals surface area contributed by atoms with Crippen LogP contribution in [0.25, 0.3) is 6.08 Å². The van der Waals surface area contributed by atoms with Crippen molar-refractivity contribution in [1.29, 1.82) is 0 Å². The molecular weight excluding hydrogens is 363 g/mol. The van der Waals surface area contributed by atoms with E-state index in [4.69, 9.17) is 25.8 Å². The summed E-state index contributed by atoms with van der Waals surface area (Å²) in [7, 11) is 2.91. The van der Waals surface area contributed by atoms with Gasteiger partial charge in [0.15, 0.2) is 6.61 Å². The Morgan fingerprint density at radius 2 is 1.92 bits per heavy atom. The highest BCUT2D eigenvalue weighted by atomic mass is 35.5. The van der Waals surface area contributed by atoms with Crippen LogP contribution < -0.4 is 9.47 Å². The topological polar surface area (TPSA) is 61.8 Å². The molecule has 0 aliphatic rings. The van der Waals surface area contributed by atoms with Crippen molar-refractivity contribution < 1.29 is 28.2 Å². The number of benzene rings is 2. The lowest BCUT2D eigenvalue weighted by atomic mass is 10.1. The van der Waals surface area contributed by atoms with Crippen LogP contribution in [0.5, 0.6) is 11.5 Å². The minimum Gasteiger partial charge on any atom is -0.497 e. The van der Waals surface area contributed by atoms with Crippen LogP contribution in [0.3, 0.4) is 0 Å². The molecule has 2 aromatic carbocycles. The molecule has 0 spiro atoms. The molecule has 0 N–H and O–H groups in total. The van der Waals surface area contributed by atoms with Gasteiger partial charge in [0.25, 0.3) is 0 Å². The molecule has 0 atom stereocenters. The van der Waals surface area contributed by atoms with Crippen LogP contribution >= 0.6 is 11.6 Å². The first-order chi connectivity index (χ1) is 12.5. The summed E-state index contributed by atoms with van der Waals surface area (Å²) in [5.74, 6) is -0.986. The van der Waals surface area contributed by atoms with Crippen molar-refractivity contribution in [2.45, 2.75) is 0 Å². The minimum atomic E-state index is -0.801. The van der Waals surface area contributed by atoms with Crippen LogP contribution in [0.15, 0.2) is 42.5 Å². The molecule has 136 valence electrons. The quantitative estimate of drug-likeness (QED) is 0.415. The molecule has 2 rings (SSSR count). The Bertz CT molecular complexity index is 828. The number of esters is 1. The van der Waals surface area contributed by atoms with Crippen LogP contribution in [0.4, 0.5) is 4.39 Å². The van der Waals surface area contributed by atoms with Gasteiger partial charge in [-0.1, -0.05) is 17.7 Å². The SMILES string of the molecule is COc1ccc(C(=O)COC(=O)/C=C/c2c(F)cccc2Cl)c(OC)c1. The average Bonchev–Trinajstić information content (AvgIpc) is 2.65. The van der Waals surface area contributed by atoms with Crippen molar-refractivity contribution in [2.75, 3.05) is 20.8 Å². The van der Waals surface area contributed by atoms with Gasteiger partial charge in [-0.25, -0.2) is 9.18 Å². The fourth-order valence-electron chi connectivity index (χ4n) is 2.11. The number of ether oxygens (including phenoxy) is 3. The van der Waals surface area contributed by atoms with Crippen LogP contribution in [0.1, 0.15) is 15.9 Å². The highest BCUT2D eigenvalue weighted by molar-refractivity contribution is 6.32. The van der Waals surface area contributed by atoms with E-state index in [0.29, 0.717) is 11.5 Å². The standard InChI is InChI=1S/C19H16ClFO5/c1-24-12-6-7-14(18(10-12)25-2)17(22)11-26-19(23)9-8-13-15(20)4-3-5-16(13)21/h3-10H,11H2,1-2H3/b9-8+. The maximum absolute atomic E-state index is 13.6. The Morgan fingerprint density at radius 3 is 2.58 bits per heavy atom. The molecule has 0 saturated carbocycles. The summed E-state index contributed by atoms with van der Waals surface area (Å²) in [6, 6.07) is 8.83. The minimum absolute atomic E-state index is 0.0641. The lowest BCUT2D eigenvalue weighted by molar-refractivity contribution is -0.136. The van der Waals surface area contributed by atoms with E-state index >= 15 is 0 Å². The lowest BCUT2D eigenvalue weighted by Crippen LogP contribution is -2.13. The van der Waals surface area contributed by atoms with E-state index < -0.39 is 24.2 Å². The first-order valence-electron chi connectivity index (χ1n) is 7.50. The molecule has 0 bridgehead atoms. The van der Waals surface area contributed by atoms with Crippen LogP contribution in [0.2, 0.25) is 5.02 Å². The zero-order chi connectivity index (χ0) is 19.1. The zero-order valence-electron chi connectivity index (χ0n) is 14.1. The number of carbonyl (C=O) groups is 2. The first kappa shape index (κ1) is 19.5. The number of methoxy groups -OCH3 is 2. The highest BCUT2D eigenvalue weighted by Crippen LogP contribution is 2.25. The van der Waals surface area contributed by atoms with Gasteiger partial charge in [0.05, 0.1) is 24.8 Å². The summed E-state index contributed by atoms with van der Waals surface area (Å²) in [5, 5.41) is 0.160. The normalized spacial score (nSPS) is 10.6. The summed E-state index contributed by atoms with van der Waals surface area (Å²) in [6.45, 7) is -0.489. The number of hydrogen-bond donors (Lipinski definition) is 0. The lowest BCUT2D eigenvalue weighted by Gasteiger charge is -2.09. The summed E-state index contributed by atoms with van der Waals surface area (Å²) < 4.78 is 28.7. The van der Waals surface area contributed by atoms with Crippen molar-refractivity contribution in [1.82, 2.24) is 0 Å². The van der Waals surface area contributed by atoms with Gasteiger partial charge in [-0.15, -0.1) is 0 Å². The summed E-state index contributed by atoms with van der Waals surface area (Å²) in [6.07, 6.45) is 2.20. The maximum Gasteiger partial charge on any atom is 0.331 e. The summed E-state index contributed by atoms with van der Waals surface area (Å²) in [5.41, 5.74) is 0.316. The van der Waals surface area contributed by atoms with Gasteiger partial charge >= 0.3 is 5.97 Å². The number of halogens is 2. The number of carbonyl (C=O) groups excluding carboxylic acids is 2. The Kier molecular flexibility index (Phi) is 6.74. The fraction of sp³-hybridized carbons (Fsp3) is 0.158. The fourth-order valence-corrected chi connectivity index (χ4v) is 2.34. The first-order valence-corrected chi connectivity index (χ1v) is 7.88. The van der Waals surface area contributed by atoms with Crippen molar-refractivity contribution in [2.24, 2.45) is 0 Å². The molecule has 2 aromatic rings. The monoisotopic (exact) mass is 378 g/mol. The van der Waals surface area contributed by atoms with Gasteiger partial charge in [-0.05, 0) is 30.3 Å². The summed E-state index contributed by atoms with van der Waals surface area (Å²) >= 11 is 5.86. The molecule has 0 fully saturated rings. The smallest absolute Gasteiger partial charge is 0.331 e. The molecule has 0 amide bonds. The van der Waals surface area contributed by atoms with E-state index in [1.165, 1.54) is 44.6 Å². The molecule has 0 unspecified atom stereocenters. The molecule has 26 heavy (non-hydrogen) atoms. The van der Waals surface area contributed by atoms with Crippen LogP contribution in [-0.4, -0.2) is 32.6 Å². The third-order valence-electron chi connectivity index (χ3n) is 3.44. The molecule has 0 saturated heterocycles. The third kappa shape index (κ3) is 4.83. The molecule has 5 nitrogen and oxygen atoms in total. The number of hydrogen-bond acceptors (Lipinski definition) is 5. The number of rotatable bonds is 7. The van der Waals surface area contributed by atoms with E-state index in [1.807, 2.05) is 0 Å². The Labute approximate surface area is 154 Å². The number of ketones is 1. The molecular formula is C19H16ClFO5. The van der Waals surface area contributed by atoms with E-state index in [1.54, 1.807) is 12.1 Å². The van der Waals surface area contributed by atoms with Crippen LogP contribution in [0, 0.1) is 5.82 Å². The second-order valence-corrected chi connectivity index (χ2v) is 5.47. The van der Waals surface area contributed by atoms with E-state index in [0.717, 1.165) is 6.08 Å². The average molecular weight is 379 g/mol. The highest BCUT2D eigenvalue weighted by Gasteiger charge is 2.15. The molecule has 0 aliphatic carbocycles. The second kappa shape index (κ2) is 9.01. The predicted octanol–water partition coefficient (Wildman–Crippen LogP) is 3.94. The van der Waals surface area contributed by atoms with E-state index in [2.05, 4.69) is 0 Å². The molecule has 0 aromatic heterocycles. The van der Waals surface area contributed by atoms with Gasteiger partial charge < -0.3 is 14.2 Å². The Morgan fingerprint density at radius 1 is 1.15 bits per heavy atom. The van der Waals surface area contributed by atoms with Gasteiger partial charge in [-0.2, -0.15) is 0 Å². The van der Waals surface area contributed by atoms with E-state index in [-0.39, 0.29) is 16.1 Å². The van der Waals surface area contributed by atoms with Gasteiger partial charge in [-0.3, -0.25) is 4.79 Å². The molecule has 0 aliphatic heterocycles. The van der Waals surface area contributed by atoms with Crippen molar-refractivity contribution in [3.05, 3.63) is 64.4 Å². The number of Topliss-reactive ketones (excluding diaryl/α,β-unsaturated/α-hetero) is 1. The van der Waals surface area contributed by atoms with Gasteiger partial charge in [0, 0.05) is 17.7 Å². The Hall–Kier alpha value is -2.86. The van der Waals surface area contributed by atoms with Crippen LogP contribution in [-0.2, 0) is 9.53 Å². The summed E-state index contributed by atoms with van der Waals surface area (Å²) in [4.78, 5) is 24.0. The van der Waals surface area contributed by atoms with Gasteiger partial charge in [0.2, 0.25) is 5.78 Å². The van der Waals surface area contributed by atoms with Gasteiger partial charge in [0.1, 0.15) is 17.3 Å². The predicted molar refractivity (Wildman–Crippen MR) is 95.3 cm³/mol.